The first-order valence-electron chi connectivity index (χ1n) is 11.4. The van der Waals surface area contributed by atoms with Crippen LogP contribution in [0.3, 0.4) is 0 Å². The molecule has 35 heavy (non-hydrogen) atoms. The molecule has 0 atom stereocenters. The molecule has 0 spiro atoms. The molecule has 0 N–H and O–H groups in total. The molecule has 2 heterocycles. The molecular weight excluding hydrogens is 474 g/mol. The van der Waals surface area contributed by atoms with E-state index >= 15 is 0 Å². The SMILES string of the molecule is O=C(/C=C/c1ccccc1)N(CCc1csc2nc(-c3ccc(Cl)cc3)cn12)Cc1ccccc1. The molecule has 0 aliphatic carbocycles. The van der Waals surface area contributed by atoms with Crippen LogP contribution in [0.15, 0.2) is 103 Å². The highest BCUT2D eigenvalue weighted by Crippen LogP contribution is 2.25. The fourth-order valence-corrected chi connectivity index (χ4v) is 4.96. The number of carbonyl (C=O) groups is 1. The number of rotatable bonds is 8. The number of hydrogen-bond acceptors (Lipinski definition) is 3. The molecule has 174 valence electrons. The summed E-state index contributed by atoms with van der Waals surface area (Å²) in [5.41, 5.74) is 5.20. The summed E-state index contributed by atoms with van der Waals surface area (Å²) in [6, 6.07) is 27.7. The van der Waals surface area contributed by atoms with Crippen molar-refractivity contribution in [1.82, 2.24) is 14.3 Å². The summed E-state index contributed by atoms with van der Waals surface area (Å²) in [5, 5.41) is 2.83. The zero-order valence-corrected chi connectivity index (χ0v) is 20.6. The van der Waals surface area contributed by atoms with E-state index in [-0.39, 0.29) is 5.91 Å². The highest BCUT2D eigenvalue weighted by atomic mass is 35.5. The molecule has 0 fully saturated rings. The Morgan fingerprint density at radius 3 is 2.43 bits per heavy atom. The first-order chi connectivity index (χ1) is 17.2. The van der Waals surface area contributed by atoms with Crippen LogP contribution in [0.2, 0.25) is 5.02 Å². The predicted octanol–water partition coefficient (Wildman–Crippen LogP) is 7.00. The van der Waals surface area contributed by atoms with Gasteiger partial charge in [0.05, 0.1) is 5.69 Å². The van der Waals surface area contributed by atoms with Crippen molar-refractivity contribution in [3.05, 3.63) is 124 Å². The minimum Gasteiger partial charge on any atom is -0.334 e. The second-order valence-electron chi connectivity index (χ2n) is 8.25. The van der Waals surface area contributed by atoms with E-state index in [2.05, 4.69) is 28.1 Å². The van der Waals surface area contributed by atoms with Crippen molar-refractivity contribution >= 4 is 39.9 Å². The van der Waals surface area contributed by atoms with Gasteiger partial charge >= 0.3 is 0 Å². The van der Waals surface area contributed by atoms with Gasteiger partial charge in [-0.3, -0.25) is 9.20 Å². The monoisotopic (exact) mass is 497 g/mol. The maximum atomic E-state index is 13.2. The lowest BCUT2D eigenvalue weighted by Gasteiger charge is -2.21. The van der Waals surface area contributed by atoms with Crippen LogP contribution in [0, 0.1) is 0 Å². The summed E-state index contributed by atoms with van der Waals surface area (Å²) in [7, 11) is 0. The van der Waals surface area contributed by atoms with Crippen LogP contribution >= 0.6 is 22.9 Å². The van der Waals surface area contributed by atoms with Gasteiger partial charge in [-0.25, -0.2) is 4.98 Å². The van der Waals surface area contributed by atoms with E-state index in [9.17, 15) is 4.79 Å². The van der Waals surface area contributed by atoms with Gasteiger partial charge in [0, 0.05) is 53.4 Å². The summed E-state index contributed by atoms with van der Waals surface area (Å²) >= 11 is 7.65. The predicted molar refractivity (Wildman–Crippen MR) is 145 cm³/mol. The van der Waals surface area contributed by atoms with Crippen LogP contribution in [0.1, 0.15) is 16.8 Å². The fourth-order valence-electron chi connectivity index (χ4n) is 3.93. The van der Waals surface area contributed by atoms with Crippen molar-refractivity contribution in [2.75, 3.05) is 6.54 Å². The highest BCUT2D eigenvalue weighted by Gasteiger charge is 2.15. The maximum Gasteiger partial charge on any atom is 0.246 e. The molecular formula is C29H24ClN3OS. The smallest absolute Gasteiger partial charge is 0.246 e. The largest absolute Gasteiger partial charge is 0.334 e. The molecule has 0 radical (unpaired) electrons. The number of thiazole rings is 1. The van der Waals surface area contributed by atoms with Crippen molar-refractivity contribution in [3.63, 3.8) is 0 Å². The molecule has 4 nitrogen and oxygen atoms in total. The Morgan fingerprint density at radius 2 is 1.69 bits per heavy atom. The minimum absolute atomic E-state index is 0.00309. The minimum atomic E-state index is -0.00309. The number of imidazole rings is 1. The van der Waals surface area contributed by atoms with E-state index in [0.29, 0.717) is 18.1 Å². The summed E-state index contributed by atoms with van der Waals surface area (Å²) in [4.78, 5) is 20.8. The normalized spacial score (nSPS) is 11.3. The van der Waals surface area contributed by atoms with Crippen molar-refractivity contribution in [2.24, 2.45) is 0 Å². The number of fused-ring (bicyclic) bond motifs is 1. The molecule has 0 saturated carbocycles. The highest BCUT2D eigenvalue weighted by molar-refractivity contribution is 7.15. The van der Waals surface area contributed by atoms with Crippen LogP contribution in [0.25, 0.3) is 22.3 Å². The van der Waals surface area contributed by atoms with E-state index in [0.717, 1.165) is 39.5 Å². The Bertz CT molecular complexity index is 1440. The van der Waals surface area contributed by atoms with Gasteiger partial charge in [-0.15, -0.1) is 11.3 Å². The first-order valence-corrected chi connectivity index (χ1v) is 12.7. The van der Waals surface area contributed by atoms with Gasteiger partial charge in [-0.05, 0) is 29.3 Å². The molecule has 0 aliphatic rings. The zero-order valence-electron chi connectivity index (χ0n) is 19.0. The zero-order chi connectivity index (χ0) is 24.0. The summed E-state index contributed by atoms with van der Waals surface area (Å²) in [6.07, 6.45) is 6.33. The van der Waals surface area contributed by atoms with Crippen LogP contribution in [0.5, 0.6) is 0 Å². The van der Waals surface area contributed by atoms with Gasteiger partial charge in [0.25, 0.3) is 0 Å². The van der Waals surface area contributed by atoms with E-state index in [4.69, 9.17) is 16.6 Å². The molecule has 2 aromatic heterocycles. The molecule has 5 rings (SSSR count). The number of nitrogens with zero attached hydrogens (tertiary/aromatic N) is 3. The first kappa shape index (κ1) is 23.1. The third-order valence-corrected chi connectivity index (χ3v) is 6.95. The number of hydrogen-bond donors (Lipinski definition) is 0. The topological polar surface area (TPSA) is 37.6 Å². The maximum absolute atomic E-state index is 13.2. The Labute approximate surface area is 213 Å². The molecule has 0 bridgehead atoms. The van der Waals surface area contributed by atoms with E-state index < -0.39 is 0 Å². The second-order valence-corrected chi connectivity index (χ2v) is 9.53. The van der Waals surface area contributed by atoms with Crippen LogP contribution < -0.4 is 0 Å². The van der Waals surface area contributed by atoms with Gasteiger partial charge in [-0.1, -0.05) is 84.4 Å². The molecule has 1 amide bonds. The molecule has 0 aliphatic heterocycles. The summed E-state index contributed by atoms with van der Waals surface area (Å²) < 4.78 is 2.12. The lowest BCUT2D eigenvalue weighted by Crippen LogP contribution is -2.31. The lowest BCUT2D eigenvalue weighted by molar-refractivity contribution is -0.126. The van der Waals surface area contributed by atoms with Gasteiger partial charge in [0.1, 0.15) is 0 Å². The number of halogens is 1. The van der Waals surface area contributed by atoms with E-state index in [1.54, 1.807) is 17.4 Å². The van der Waals surface area contributed by atoms with Gasteiger partial charge in [-0.2, -0.15) is 0 Å². The van der Waals surface area contributed by atoms with Gasteiger partial charge in [0.15, 0.2) is 4.96 Å². The Kier molecular flexibility index (Phi) is 7.07. The van der Waals surface area contributed by atoms with Gasteiger partial charge in [0.2, 0.25) is 5.91 Å². The number of amides is 1. The Morgan fingerprint density at radius 1 is 0.971 bits per heavy atom. The summed E-state index contributed by atoms with van der Waals surface area (Å²) in [6.45, 7) is 1.17. The average Bonchev–Trinajstić information content (AvgIpc) is 3.48. The average molecular weight is 498 g/mol. The van der Waals surface area contributed by atoms with Crippen molar-refractivity contribution in [1.29, 1.82) is 0 Å². The van der Waals surface area contributed by atoms with Crippen LogP contribution in [-0.4, -0.2) is 26.7 Å². The van der Waals surface area contributed by atoms with Crippen molar-refractivity contribution in [2.45, 2.75) is 13.0 Å². The summed E-state index contributed by atoms with van der Waals surface area (Å²) in [5.74, 6) is -0.00309. The quantitative estimate of drug-likeness (QED) is 0.216. The second kappa shape index (κ2) is 10.7. The van der Waals surface area contributed by atoms with Gasteiger partial charge < -0.3 is 4.90 Å². The molecule has 3 aromatic carbocycles. The molecule has 0 unspecified atom stereocenters. The van der Waals surface area contributed by atoms with Crippen molar-refractivity contribution in [3.8, 4) is 11.3 Å². The molecule has 0 saturated heterocycles. The molecule has 5 aromatic rings. The van der Waals surface area contributed by atoms with E-state index in [1.807, 2.05) is 83.8 Å². The third-order valence-electron chi connectivity index (χ3n) is 5.81. The Balaban J connectivity index is 1.34. The standard InChI is InChI=1S/C29H24ClN3OS/c30-25-14-12-24(13-15-25)27-20-33-26(21-35-29(33)31-27)17-18-32(19-23-9-5-2-6-10-23)28(34)16-11-22-7-3-1-4-8-22/h1-16,20-21H,17-19H2/b16-11+. The van der Waals surface area contributed by atoms with Crippen LogP contribution in [0.4, 0.5) is 0 Å². The molecule has 6 heteroatoms. The van der Waals surface area contributed by atoms with Crippen molar-refractivity contribution < 1.29 is 4.79 Å². The number of aromatic nitrogens is 2. The lowest BCUT2D eigenvalue weighted by atomic mass is 10.2. The fraction of sp³-hybridized carbons (Fsp3) is 0.103. The third kappa shape index (κ3) is 5.70. The Hall–Kier alpha value is -3.67. The number of carbonyl (C=O) groups excluding carboxylic acids is 1. The number of benzene rings is 3. The van der Waals surface area contributed by atoms with E-state index in [1.165, 1.54) is 0 Å². The van der Waals surface area contributed by atoms with Crippen LogP contribution in [-0.2, 0) is 17.8 Å².